The minimum atomic E-state index is -0.0505. The molecule has 0 spiro atoms. The molecular weight excluding hydrogens is 414 g/mol. The minimum absolute atomic E-state index is 0.00573. The van der Waals surface area contributed by atoms with E-state index in [2.05, 4.69) is 26.7 Å². The molecule has 0 saturated heterocycles. The number of thiophene rings is 1. The molecule has 6 nitrogen and oxygen atoms in total. The third kappa shape index (κ3) is 3.42. The summed E-state index contributed by atoms with van der Waals surface area (Å²) in [6.45, 7) is 3.86. The normalized spacial score (nSPS) is 16.1. The molecule has 0 bridgehead atoms. The topological polar surface area (TPSA) is 72.7 Å². The summed E-state index contributed by atoms with van der Waals surface area (Å²) in [5.74, 6) is 1.43. The van der Waals surface area contributed by atoms with E-state index in [1.54, 1.807) is 27.8 Å². The smallest absolute Gasteiger partial charge is 0.252 e. The van der Waals surface area contributed by atoms with Gasteiger partial charge in [0.2, 0.25) is 5.91 Å². The van der Waals surface area contributed by atoms with Crippen molar-refractivity contribution in [1.82, 2.24) is 19.7 Å². The molecule has 1 N–H and O–H groups in total. The van der Waals surface area contributed by atoms with Crippen molar-refractivity contribution in [2.24, 2.45) is 0 Å². The Labute approximate surface area is 182 Å². The molecule has 0 saturated carbocycles. The maximum absolute atomic E-state index is 12.6. The quantitative estimate of drug-likeness (QED) is 0.503. The number of hydrogen-bond donors (Lipinski definition) is 1. The van der Waals surface area contributed by atoms with E-state index < -0.39 is 0 Å². The van der Waals surface area contributed by atoms with Gasteiger partial charge in [0.1, 0.15) is 5.82 Å². The molecule has 0 aliphatic carbocycles. The highest BCUT2D eigenvalue weighted by Crippen LogP contribution is 2.47. The maximum Gasteiger partial charge on any atom is 0.252 e. The number of thioether (sulfide) groups is 1. The van der Waals surface area contributed by atoms with Crippen LogP contribution in [0.5, 0.6) is 0 Å². The van der Waals surface area contributed by atoms with Crippen LogP contribution in [0.3, 0.4) is 0 Å². The molecule has 1 atom stereocenters. The largest absolute Gasteiger partial charge is 0.309 e. The fraction of sp³-hybridized carbons (Fsp3) is 0.182. The van der Waals surface area contributed by atoms with Gasteiger partial charge in [-0.1, -0.05) is 36.4 Å². The molecule has 0 radical (unpaired) electrons. The van der Waals surface area contributed by atoms with E-state index >= 15 is 0 Å². The first-order chi connectivity index (χ1) is 14.6. The van der Waals surface area contributed by atoms with Gasteiger partial charge in [-0.3, -0.25) is 4.79 Å². The number of nitrogens with one attached hydrogen (secondary N) is 1. The van der Waals surface area contributed by atoms with Crippen LogP contribution in [0.2, 0.25) is 0 Å². The van der Waals surface area contributed by atoms with Crippen LogP contribution < -0.4 is 5.32 Å². The number of amides is 1. The lowest BCUT2D eigenvalue weighted by Gasteiger charge is -2.14. The van der Waals surface area contributed by atoms with Gasteiger partial charge in [-0.2, -0.15) is 9.78 Å². The van der Waals surface area contributed by atoms with Gasteiger partial charge in [-0.05, 0) is 31.4 Å². The van der Waals surface area contributed by atoms with Gasteiger partial charge in [-0.25, -0.2) is 9.97 Å². The Morgan fingerprint density at radius 3 is 2.53 bits per heavy atom. The van der Waals surface area contributed by atoms with Gasteiger partial charge in [0.15, 0.2) is 0 Å². The maximum atomic E-state index is 12.6. The van der Waals surface area contributed by atoms with Crippen LogP contribution in [0.4, 0.5) is 5.82 Å². The minimum Gasteiger partial charge on any atom is -0.309 e. The SMILES string of the molecule is Cc1cc(C)nc(-n2nc(-c3ccccc3)c3c2NC(=O)CS[C@H]3c2cccs2)n1. The summed E-state index contributed by atoms with van der Waals surface area (Å²) in [7, 11) is 0. The van der Waals surface area contributed by atoms with Crippen molar-refractivity contribution < 1.29 is 4.79 Å². The number of carbonyl (C=O) groups is 1. The fourth-order valence-electron chi connectivity index (χ4n) is 3.63. The third-order valence-electron chi connectivity index (χ3n) is 4.83. The van der Waals surface area contributed by atoms with Crippen molar-refractivity contribution in [3.05, 3.63) is 75.7 Å². The Morgan fingerprint density at radius 2 is 1.83 bits per heavy atom. The second kappa shape index (κ2) is 7.70. The Bertz CT molecular complexity index is 1200. The van der Waals surface area contributed by atoms with Crippen LogP contribution >= 0.6 is 23.1 Å². The molecular formula is C22H19N5OS2. The number of benzene rings is 1. The second-order valence-electron chi connectivity index (χ2n) is 7.09. The lowest BCUT2D eigenvalue weighted by atomic mass is 10.0. The predicted octanol–water partition coefficient (Wildman–Crippen LogP) is 4.78. The number of rotatable bonds is 3. The molecule has 1 amide bonds. The first-order valence-electron chi connectivity index (χ1n) is 9.56. The van der Waals surface area contributed by atoms with E-state index in [1.807, 2.05) is 56.3 Å². The van der Waals surface area contributed by atoms with Crippen LogP contribution in [-0.2, 0) is 4.79 Å². The van der Waals surface area contributed by atoms with Crippen LogP contribution in [0.25, 0.3) is 17.2 Å². The zero-order chi connectivity index (χ0) is 20.7. The van der Waals surface area contributed by atoms with Gasteiger partial charge >= 0.3 is 0 Å². The van der Waals surface area contributed by atoms with E-state index in [1.165, 1.54) is 4.88 Å². The second-order valence-corrected chi connectivity index (χ2v) is 9.17. The Hall–Kier alpha value is -2.97. The molecule has 1 aliphatic rings. The van der Waals surface area contributed by atoms with Crippen molar-refractivity contribution >= 4 is 34.8 Å². The molecule has 0 unspecified atom stereocenters. The van der Waals surface area contributed by atoms with E-state index in [0.717, 1.165) is 28.2 Å². The summed E-state index contributed by atoms with van der Waals surface area (Å²) < 4.78 is 1.68. The van der Waals surface area contributed by atoms with Crippen LogP contribution in [0, 0.1) is 13.8 Å². The molecule has 5 rings (SSSR count). The molecule has 30 heavy (non-hydrogen) atoms. The van der Waals surface area contributed by atoms with E-state index in [-0.39, 0.29) is 11.2 Å². The summed E-state index contributed by atoms with van der Waals surface area (Å²) in [6.07, 6.45) is 0. The summed E-state index contributed by atoms with van der Waals surface area (Å²) in [4.78, 5) is 23.0. The third-order valence-corrected chi connectivity index (χ3v) is 7.17. The predicted molar refractivity (Wildman–Crippen MR) is 121 cm³/mol. The molecule has 8 heteroatoms. The van der Waals surface area contributed by atoms with Crippen molar-refractivity contribution in [2.75, 3.05) is 11.1 Å². The molecule has 4 heterocycles. The van der Waals surface area contributed by atoms with Crippen LogP contribution in [0.15, 0.2) is 53.9 Å². The fourth-order valence-corrected chi connectivity index (χ4v) is 5.74. The molecule has 0 fully saturated rings. The molecule has 3 aromatic heterocycles. The number of nitrogens with zero attached hydrogens (tertiary/aromatic N) is 4. The van der Waals surface area contributed by atoms with Gasteiger partial charge in [-0.15, -0.1) is 23.1 Å². The number of aryl methyl sites for hydroxylation is 2. The van der Waals surface area contributed by atoms with Crippen molar-refractivity contribution in [1.29, 1.82) is 0 Å². The van der Waals surface area contributed by atoms with Gasteiger partial charge in [0.05, 0.1) is 16.7 Å². The van der Waals surface area contributed by atoms with E-state index in [4.69, 9.17) is 5.10 Å². The van der Waals surface area contributed by atoms with Crippen molar-refractivity contribution in [2.45, 2.75) is 19.1 Å². The van der Waals surface area contributed by atoms with Crippen LogP contribution in [0.1, 0.15) is 27.1 Å². The summed E-state index contributed by atoms with van der Waals surface area (Å²) in [6, 6.07) is 16.1. The van der Waals surface area contributed by atoms with Crippen molar-refractivity contribution in [3.8, 4) is 17.2 Å². The highest BCUT2D eigenvalue weighted by molar-refractivity contribution is 8.00. The average Bonchev–Trinajstić information content (AvgIpc) is 3.34. The zero-order valence-corrected chi connectivity index (χ0v) is 18.1. The van der Waals surface area contributed by atoms with Gasteiger partial charge in [0.25, 0.3) is 5.95 Å². The Morgan fingerprint density at radius 1 is 1.07 bits per heavy atom. The van der Waals surface area contributed by atoms with E-state index in [0.29, 0.717) is 17.5 Å². The highest BCUT2D eigenvalue weighted by atomic mass is 32.2. The summed E-state index contributed by atoms with van der Waals surface area (Å²) in [5, 5.41) is 10.1. The first-order valence-corrected chi connectivity index (χ1v) is 11.5. The molecule has 4 aromatic rings. The van der Waals surface area contributed by atoms with Gasteiger partial charge in [0, 0.05) is 27.4 Å². The zero-order valence-electron chi connectivity index (χ0n) is 16.5. The summed E-state index contributed by atoms with van der Waals surface area (Å²) in [5.41, 5.74) is 4.53. The first kappa shape index (κ1) is 19.0. The molecule has 1 aromatic carbocycles. The molecule has 150 valence electrons. The standard InChI is InChI=1S/C22H19N5OS2/c1-13-11-14(2)24-22(23-13)27-21-18(19(26-27)15-7-4-3-5-8-15)20(16-9-6-10-29-16)30-12-17(28)25-21/h3-11,20H,12H2,1-2H3,(H,25,28)/t20-/m0/s1. The lowest BCUT2D eigenvalue weighted by Crippen LogP contribution is -2.17. The van der Waals surface area contributed by atoms with Crippen LogP contribution in [-0.4, -0.2) is 31.4 Å². The number of anilines is 1. The monoisotopic (exact) mass is 433 g/mol. The Kier molecular flexibility index (Phi) is 4.88. The number of carbonyl (C=O) groups excluding carboxylic acids is 1. The van der Waals surface area contributed by atoms with E-state index in [9.17, 15) is 4.79 Å². The van der Waals surface area contributed by atoms with Crippen molar-refractivity contribution in [3.63, 3.8) is 0 Å². The number of hydrogen-bond acceptors (Lipinski definition) is 6. The number of fused-ring (bicyclic) bond motifs is 1. The Balaban J connectivity index is 1.81. The molecule has 1 aliphatic heterocycles. The lowest BCUT2D eigenvalue weighted by molar-refractivity contribution is -0.113. The van der Waals surface area contributed by atoms with Gasteiger partial charge < -0.3 is 5.32 Å². The highest BCUT2D eigenvalue weighted by Gasteiger charge is 2.33. The summed E-state index contributed by atoms with van der Waals surface area (Å²) >= 11 is 3.31. The average molecular weight is 434 g/mol. The number of aromatic nitrogens is 4.